The molecule has 29 heavy (non-hydrogen) atoms. The van der Waals surface area contributed by atoms with Crippen molar-refractivity contribution in [3.05, 3.63) is 70.2 Å². The Labute approximate surface area is 171 Å². The molecule has 154 valence electrons. The summed E-state index contributed by atoms with van der Waals surface area (Å²) in [5.74, 6) is -0.514. The predicted molar refractivity (Wildman–Crippen MR) is 103 cm³/mol. The number of likely N-dealkylation sites (tertiary alicyclic amines) is 1. The van der Waals surface area contributed by atoms with Gasteiger partial charge in [0.1, 0.15) is 6.04 Å². The Hall–Kier alpha value is -2.54. The fourth-order valence-electron chi connectivity index (χ4n) is 3.41. The summed E-state index contributed by atoms with van der Waals surface area (Å²) in [6, 6.07) is 12.2. The van der Waals surface area contributed by atoms with E-state index in [1.807, 2.05) is 30.3 Å². The molecule has 1 aliphatic heterocycles. The van der Waals surface area contributed by atoms with Gasteiger partial charge in [-0.25, -0.2) is 0 Å². The van der Waals surface area contributed by atoms with Gasteiger partial charge in [0.05, 0.1) is 10.6 Å². The number of rotatable bonds is 5. The fourth-order valence-corrected chi connectivity index (χ4v) is 3.71. The zero-order valence-electron chi connectivity index (χ0n) is 15.5. The van der Waals surface area contributed by atoms with Gasteiger partial charge in [0, 0.05) is 19.5 Å². The highest BCUT2D eigenvalue weighted by Gasteiger charge is 2.35. The molecule has 0 radical (unpaired) electrons. The number of hydrogen-bond acceptors (Lipinski definition) is 2. The summed E-state index contributed by atoms with van der Waals surface area (Å²) in [4.78, 5) is 26.7. The van der Waals surface area contributed by atoms with Crippen molar-refractivity contribution in [1.29, 1.82) is 0 Å². The minimum Gasteiger partial charge on any atom is -0.350 e. The van der Waals surface area contributed by atoms with Crippen LogP contribution < -0.4 is 5.32 Å². The minimum absolute atomic E-state index is 0.114. The van der Waals surface area contributed by atoms with Crippen LogP contribution in [0.4, 0.5) is 13.2 Å². The lowest BCUT2D eigenvalue weighted by molar-refractivity contribution is -0.144. The second kappa shape index (κ2) is 8.86. The number of hydrogen-bond donors (Lipinski definition) is 1. The molecule has 4 nitrogen and oxygen atoms in total. The van der Waals surface area contributed by atoms with Crippen LogP contribution in [0.15, 0.2) is 48.5 Å². The smallest absolute Gasteiger partial charge is 0.350 e. The first kappa shape index (κ1) is 21.2. The highest BCUT2D eigenvalue weighted by atomic mass is 35.5. The van der Waals surface area contributed by atoms with Crippen LogP contribution in [0, 0.1) is 0 Å². The van der Waals surface area contributed by atoms with Crippen LogP contribution >= 0.6 is 11.6 Å². The number of nitrogens with one attached hydrogen (secondary N) is 1. The van der Waals surface area contributed by atoms with Crippen molar-refractivity contribution in [3.63, 3.8) is 0 Å². The first-order valence-corrected chi connectivity index (χ1v) is 9.61. The Morgan fingerprint density at radius 3 is 2.55 bits per heavy atom. The van der Waals surface area contributed by atoms with Gasteiger partial charge in [0.25, 0.3) is 0 Å². The zero-order valence-corrected chi connectivity index (χ0v) is 16.3. The van der Waals surface area contributed by atoms with Gasteiger partial charge in [-0.05, 0) is 30.0 Å². The average molecular weight is 425 g/mol. The highest BCUT2D eigenvalue weighted by molar-refractivity contribution is 6.32. The van der Waals surface area contributed by atoms with E-state index in [1.165, 1.54) is 17.0 Å². The highest BCUT2D eigenvalue weighted by Crippen LogP contribution is 2.36. The van der Waals surface area contributed by atoms with Gasteiger partial charge in [-0.2, -0.15) is 13.2 Å². The van der Waals surface area contributed by atoms with Crippen molar-refractivity contribution in [3.8, 4) is 0 Å². The molecule has 1 fully saturated rings. The van der Waals surface area contributed by atoms with Crippen LogP contribution in [0.1, 0.15) is 36.0 Å². The molecule has 2 aromatic rings. The molecule has 2 aromatic carbocycles. The Morgan fingerprint density at radius 2 is 1.86 bits per heavy atom. The topological polar surface area (TPSA) is 49.4 Å². The van der Waals surface area contributed by atoms with Gasteiger partial charge in [-0.1, -0.05) is 54.1 Å². The monoisotopic (exact) mass is 424 g/mol. The maximum atomic E-state index is 13.0. The van der Waals surface area contributed by atoms with E-state index in [-0.39, 0.29) is 18.0 Å². The van der Waals surface area contributed by atoms with E-state index >= 15 is 0 Å². The molecule has 0 unspecified atom stereocenters. The lowest BCUT2D eigenvalue weighted by Gasteiger charge is -2.34. The molecule has 1 atom stereocenters. The van der Waals surface area contributed by atoms with Crippen LogP contribution in [-0.4, -0.2) is 22.8 Å². The number of amides is 2. The van der Waals surface area contributed by atoms with Crippen molar-refractivity contribution < 1.29 is 22.8 Å². The first-order valence-electron chi connectivity index (χ1n) is 9.23. The minimum atomic E-state index is -4.57. The number of halogens is 4. The summed E-state index contributed by atoms with van der Waals surface area (Å²) in [5, 5.41) is 2.21. The van der Waals surface area contributed by atoms with Gasteiger partial charge in [-0.3, -0.25) is 9.59 Å². The van der Waals surface area contributed by atoms with Gasteiger partial charge in [0.15, 0.2) is 0 Å². The second-order valence-electron chi connectivity index (χ2n) is 6.91. The van der Waals surface area contributed by atoms with Gasteiger partial charge < -0.3 is 10.2 Å². The van der Waals surface area contributed by atoms with Crippen molar-refractivity contribution in [1.82, 2.24) is 10.2 Å². The number of alkyl halides is 3. The van der Waals surface area contributed by atoms with Gasteiger partial charge in [0.2, 0.25) is 11.8 Å². The zero-order chi connectivity index (χ0) is 21.0. The Morgan fingerprint density at radius 1 is 1.14 bits per heavy atom. The first-order chi connectivity index (χ1) is 13.8. The van der Waals surface area contributed by atoms with Crippen LogP contribution in [-0.2, 0) is 28.9 Å². The van der Waals surface area contributed by atoms with E-state index in [9.17, 15) is 22.8 Å². The third-order valence-electron chi connectivity index (χ3n) is 4.90. The van der Waals surface area contributed by atoms with E-state index in [4.69, 9.17) is 11.6 Å². The average Bonchev–Trinajstić information content (AvgIpc) is 2.68. The normalized spacial score (nSPS) is 17.3. The summed E-state index contributed by atoms with van der Waals surface area (Å²) in [6.45, 7) is 0.160. The van der Waals surface area contributed by atoms with Crippen molar-refractivity contribution >= 4 is 23.4 Å². The number of piperidine rings is 1. The Bertz CT molecular complexity index is 887. The standard InChI is InChI=1S/C21H20ClF3N2O2/c22-19-15(8-4-9-16(19)21(23,24)25)12-26-20(29)17-10-5-11-18(28)27(17)13-14-6-2-1-3-7-14/h1-4,6-9,17H,5,10-13H2,(H,26,29)/t17-/m0/s1. The summed E-state index contributed by atoms with van der Waals surface area (Å²) in [6.07, 6.45) is -3.11. The fraction of sp³-hybridized carbons (Fsp3) is 0.333. The third-order valence-corrected chi connectivity index (χ3v) is 5.35. The van der Waals surface area contributed by atoms with Gasteiger partial charge in [-0.15, -0.1) is 0 Å². The largest absolute Gasteiger partial charge is 0.417 e. The molecule has 1 N–H and O–H groups in total. The SMILES string of the molecule is O=C(NCc1cccc(C(F)(F)F)c1Cl)[C@@H]1CCCC(=O)N1Cc1ccccc1. The Kier molecular flexibility index (Phi) is 6.47. The number of carbonyl (C=O) groups excluding carboxylic acids is 2. The van der Waals surface area contributed by atoms with E-state index in [0.29, 0.717) is 25.8 Å². The van der Waals surface area contributed by atoms with Crippen LogP contribution in [0.25, 0.3) is 0 Å². The molecular formula is C21H20ClF3N2O2. The van der Waals surface area contributed by atoms with Crippen LogP contribution in [0.5, 0.6) is 0 Å². The maximum Gasteiger partial charge on any atom is 0.417 e. The quantitative estimate of drug-likeness (QED) is 0.765. The number of nitrogens with zero attached hydrogens (tertiary/aromatic N) is 1. The van der Waals surface area contributed by atoms with Crippen molar-refractivity contribution in [2.24, 2.45) is 0 Å². The van der Waals surface area contributed by atoms with E-state index in [2.05, 4.69) is 5.32 Å². The molecule has 8 heteroatoms. The van der Waals surface area contributed by atoms with E-state index in [0.717, 1.165) is 11.6 Å². The molecule has 3 rings (SSSR count). The lowest BCUT2D eigenvalue weighted by Crippen LogP contribution is -2.51. The summed E-state index contributed by atoms with van der Waals surface area (Å²) >= 11 is 5.89. The van der Waals surface area contributed by atoms with Gasteiger partial charge >= 0.3 is 6.18 Å². The van der Waals surface area contributed by atoms with Crippen LogP contribution in [0.2, 0.25) is 5.02 Å². The summed E-state index contributed by atoms with van der Waals surface area (Å²) < 4.78 is 39.0. The molecular weight excluding hydrogens is 405 g/mol. The van der Waals surface area contributed by atoms with E-state index in [1.54, 1.807) is 0 Å². The third kappa shape index (κ3) is 5.09. The molecule has 0 spiro atoms. The molecule has 0 bridgehead atoms. The molecule has 0 aliphatic carbocycles. The number of benzene rings is 2. The molecule has 0 aromatic heterocycles. The van der Waals surface area contributed by atoms with Crippen LogP contribution in [0.3, 0.4) is 0 Å². The summed E-state index contributed by atoms with van der Waals surface area (Å²) in [7, 11) is 0. The van der Waals surface area contributed by atoms with E-state index < -0.39 is 28.7 Å². The molecule has 1 saturated heterocycles. The molecule has 0 saturated carbocycles. The molecule has 2 amide bonds. The maximum absolute atomic E-state index is 13.0. The molecule has 1 heterocycles. The Balaban J connectivity index is 1.71. The van der Waals surface area contributed by atoms with Crippen molar-refractivity contribution in [2.75, 3.05) is 0 Å². The summed E-state index contributed by atoms with van der Waals surface area (Å²) in [5.41, 5.74) is 0.137. The van der Waals surface area contributed by atoms with Crippen molar-refractivity contribution in [2.45, 2.75) is 44.6 Å². The molecule has 1 aliphatic rings. The predicted octanol–water partition coefficient (Wildman–Crippen LogP) is 4.56. The second-order valence-corrected chi connectivity index (χ2v) is 7.29. The lowest BCUT2D eigenvalue weighted by atomic mass is 9.99. The number of carbonyl (C=O) groups is 2.